The van der Waals surface area contributed by atoms with E-state index in [2.05, 4.69) is 0 Å². The molecule has 0 bridgehead atoms. The van der Waals surface area contributed by atoms with Crippen LogP contribution in [0.3, 0.4) is 0 Å². The molecule has 14 heavy (non-hydrogen) atoms. The maximum absolute atomic E-state index is 11.7. The van der Waals surface area contributed by atoms with Crippen LogP contribution in [0.15, 0.2) is 12.1 Å². The molecule has 0 saturated carbocycles. The summed E-state index contributed by atoms with van der Waals surface area (Å²) >= 11 is 11.7. The first-order valence-electron chi connectivity index (χ1n) is 4.25. The third kappa shape index (κ3) is 1.49. The highest BCUT2D eigenvalue weighted by Crippen LogP contribution is 2.35. The van der Waals surface area contributed by atoms with Crippen LogP contribution < -0.4 is 4.74 Å². The molecule has 74 valence electrons. The molecule has 1 heterocycles. The highest BCUT2D eigenvalue weighted by Gasteiger charge is 2.27. The van der Waals surface area contributed by atoms with E-state index in [1.54, 1.807) is 12.1 Å². The highest BCUT2D eigenvalue weighted by atomic mass is 35.5. The van der Waals surface area contributed by atoms with Gasteiger partial charge in [0.15, 0.2) is 5.78 Å². The summed E-state index contributed by atoms with van der Waals surface area (Å²) in [7, 11) is 0. The third-order valence-electron chi connectivity index (χ3n) is 2.20. The number of carbonyl (C=O) groups is 1. The van der Waals surface area contributed by atoms with Crippen LogP contribution in [-0.4, -0.2) is 12.4 Å². The quantitative estimate of drug-likeness (QED) is 0.685. The molecule has 1 aromatic rings. The SMILES string of the molecule is CC1COc2cc(Cl)cc(Cl)c2C1=O. The average molecular weight is 231 g/mol. The first-order chi connectivity index (χ1) is 6.59. The summed E-state index contributed by atoms with van der Waals surface area (Å²) in [4.78, 5) is 11.7. The van der Waals surface area contributed by atoms with E-state index in [1.165, 1.54) is 0 Å². The molecule has 0 saturated heterocycles. The average Bonchev–Trinajstić information content (AvgIpc) is 2.10. The number of benzene rings is 1. The molecule has 4 heteroatoms. The van der Waals surface area contributed by atoms with Crippen molar-refractivity contribution < 1.29 is 9.53 Å². The maximum Gasteiger partial charge on any atom is 0.174 e. The van der Waals surface area contributed by atoms with Crippen LogP contribution in [0.4, 0.5) is 0 Å². The second-order valence-electron chi connectivity index (χ2n) is 3.34. The van der Waals surface area contributed by atoms with E-state index in [0.717, 1.165) is 0 Å². The molecule has 0 N–H and O–H groups in total. The smallest absolute Gasteiger partial charge is 0.174 e. The van der Waals surface area contributed by atoms with Gasteiger partial charge in [0.05, 0.1) is 23.1 Å². The summed E-state index contributed by atoms with van der Waals surface area (Å²) in [5.41, 5.74) is 0.454. The number of hydrogen-bond donors (Lipinski definition) is 0. The molecule has 0 spiro atoms. The Balaban J connectivity index is 2.60. The van der Waals surface area contributed by atoms with Crippen molar-refractivity contribution in [1.82, 2.24) is 0 Å². The topological polar surface area (TPSA) is 26.3 Å². The minimum Gasteiger partial charge on any atom is -0.492 e. The van der Waals surface area contributed by atoms with Gasteiger partial charge in [-0.1, -0.05) is 30.1 Å². The summed E-state index contributed by atoms with van der Waals surface area (Å²) in [6.45, 7) is 2.21. The van der Waals surface area contributed by atoms with Crippen LogP contribution in [-0.2, 0) is 0 Å². The lowest BCUT2D eigenvalue weighted by Gasteiger charge is -2.22. The van der Waals surface area contributed by atoms with Gasteiger partial charge in [-0.15, -0.1) is 0 Å². The molecular formula is C10H8Cl2O2. The predicted octanol–water partition coefficient (Wildman–Crippen LogP) is 3.20. The minimum atomic E-state index is -0.138. The molecule has 0 radical (unpaired) electrons. The lowest BCUT2D eigenvalue weighted by Crippen LogP contribution is -2.25. The molecule has 0 amide bonds. The van der Waals surface area contributed by atoms with Crippen LogP contribution in [0, 0.1) is 5.92 Å². The monoisotopic (exact) mass is 230 g/mol. The van der Waals surface area contributed by atoms with Crippen molar-refractivity contribution in [2.45, 2.75) is 6.92 Å². The van der Waals surface area contributed by atoms with E-state index in [4.69, 9.17) is 27.9 Å². The fourth-order valence-electron chi connectivity index (χ4n) is 1.44. The lowest BCUT2D eigenvalue weighted by atomic mass is 9.97. The molecule has 2 nitrogen and oxygen atoms in total. The molecule has 1 unspecified atom stereocenters. The summed E-state index contributed by atoms with van der Waals surface area (Å²) in [5, 5.41) is 0.847. The van der Waals surface area contributed by atoms with Crippen LogP contribution >= 0.6 is 23.2 Å². The van der Waals surface area contributed by atoms with E-state index >= 15 is 0 Å². The Morgan fingerprint density at radius 2 is 2.14 bits per heavy atom. The molecule has 1 aliphatic rings. The normalized spacial score (nSPS) is 20.2. The molecule has 1 atom stereocenters. The zero-order valence-corrected chi connectivity index (χ0v) is 9.02. The van der Waals surface area contributed by atoms with E-state index in [9.17, 15) is 4.79 Å². The Hall–Kier alpha value is -0.730. The number of halogens is 2. The van der Waals surface area contributed by atoms with Crippen molar-refractivity contribution in [1.29, 1.82) is 0 Å². The fraction of sp³-hybridized carbons (Fsp3) is 0.300. The summed E-state index contributed by atoms with van der Waals surface area (Å²) < 4.78 is 5.38. The summed E-state index contributed by atoms with van der Waals surface area (Å²) in [6, 6.07) is 3.17. The molecule has 2 rings (SSSR count). The number of carbonyl (C=O) groups excluding carboxylic acids is 1. The van der Waals surface area contributed by atoms with Gasteiger partial charge in [-0.3, -0.25) is 4.79 Å². The first kappa shape index (κ1) is 9.81. The van der Waals surface area contributed by atoms with Gasteiger partial charge >= 0.3 is 0 Å². The predicted molar refractivity (Wildman–Crippen MR) is 55.5 cm³/mol. The molecule has 0 aromatic heterocycles. The van der Waals surface area contributed by atoms with E-state index < -0.39 is 0 Å². The van der Waals surface area contributed by atoms with Crippen LogP contribution in [0.2, 0.25) is 10.0 Å². The molecule has 0 aliphatic carbocycles. The minimum absolute atomic E-state index is 0.0212. The van der Waals surface area contributed by atoms with Crippen molar-refractivity contribution in [2.75, 3.05) is 6.61 Å². The second-order valence-corrected chi connectivity index (χ2v) is 4.18. The summed E-state index contributed by atoms with van der Waals surface area (Å²) in [5.74, 6) is 0.375. The second kappa shape index (κ2) is 3.44. The van der Waals surface area contributed by atoms with Gasteiger partial charge < -0.3 is 4.74 Å². The van der Waals surface area contributed by atoms with Crippen LogP contribution in [0.1, 0.15) is 17.3 Å². The molecular weight excluding hydrogens is 223 g/mol. The van der Waals surface area contributed by atoms with Crippen LogP contribution in [0.5, 0.6) is 5.75 Å². The Bertz CT molecular complexity index is 401. The van der Waals surface area contributed by atoms with E-state index in [1.807, 2.05) is 6.92 Å². The van der Waals surface area contributed by atoms with E-state index in [0.29, 0.717) is 28.0 Å². The Morgan fingerprint density at radius 1 is 1.43 bits per heavy atom. The lowest BCUT2D eigenvalue weighted by molar-refractivity contribution is 0.0849. The van der Waals surface area contributed by atoms with Crippen molar-refractivity contribution in [2.24, 2.45) is 5.92 Å². The van der Waals surface area contributed by atoms with Gasteiger partial charge in [-0.05, 0) is 12.1 Å². The molecule has 0 fully saturated rings. The zero-order chi connectivity index (χ0) is 10.3. The zero-order valence-electron chi connectivity index (χ0n) is 7.51. The van der Waals surface area contributed by atoms with Crippen molar-refractivity contribution in [3.63, 3.8) is 0 Å². The standard InChI is InChI=1S/C10H8Cl2O2/c1-5-4-14-8-3-6(11)2-7(12)9(8)10(5)13/h2-3,5H,4H2,1H3. The van der Waals surface area contributed by atoms with Crippen molar-refractivity contribution in [3.05, 3.63) is 27.7 Å². The number of ketones is 1. The van der Waals surface area contributed by atoms with E-state index in [-0.39, 0.29) is 11.7 Å². The number of hydrogen-bond acceptors (Lipinski definition) is 2. The van der Waals surface area contributed by atoms with Gasteiger partial charge in [0, 0.05) is 5.02 Å². The van der Waals surface area contributed by atoms with Gasteiger partial charge in [0.25, 0.3) is 0 Å². The Morgan fingerprint density at radius 3 is 2.86 bits per heavy atom. The fourth-order valence-corrected chi connectivity index (χ4v) is 2.01. The van der Waals surface area contributed by atoms with Gasteiger partial charge in [-0.2, -0.15) is 0 Å². The van der Waals surface area contributed by atoms with Crippen LogP contribution in [0.25, 0.3) is 0 Å². The number of Topliss-reactive ketones (excluding diaryl/α,β-unsaturated/α-hetero) is 1. The Labute approximate surface area is 91.8 Å². The molecule has 1 aliphatic heterocycles. The molecule has 1 aromatic carbocycles. The number of rotatable bonds is 0. The first-order valence-corrected chi connectivity index (χ1v) is 5.01. The largest absolute Gasteiger partial charge is 0.492 e. The van der Waals surface area contributed by atoms with Gasteiger partial charge in [0.1, 0.15) is 5.75 Å². The highest BCUT2D eigenvalue weighted by molar-refractivity contribution is 6.37. The Kier molecular flexibility index (Phi) is 2.41. The number of ether oxygens (including phenoxy) is 1. The summed E-state index contributed by atoms with van der Waals surface area (Å²) in [6.07, 6.45) is 0. The van der Waals surface area contributed by atoms with Gasteiger partial charge in [-0.25, -0.2) is 0 Å². The number of fused-ring (bicyclic) bond motifs is 1. The van der Waals surface area contributed by atoms with Crippen molar-refractivity contribution >= 4 is 29.0 Å². The maximum atomic E-state index is 11.7. The van der Waals surface area contributed by atoms with Gasteiger partial charge in [0.2, 0.25) is 0 Å². The third-order valence-corrected chi connectivity index (χ3v) is 2.72. The van der Waals surface area contributed by atoms with Crippen molar-refractivity contribution in [3.8, 4) is 5.75 Å².